The number of hydrogen-bond donors (Lipinski definition) is 0. The third-order valence-electron chi connectivity index (χ3n) is 6.22. The van der Waals surface area contributed by atoms with Crippen LogP contribution >= 0.6 is 24.0 Å². The average Bonchev–Trinajstić information content (AvgIpc) is 3.42. The molecule has 0 aromatic heterocycles. The van der Waals surface area contributed by atoms with Gasteiger partial charge in [0.25, 0.3) is 12.6 Å². The van der Waals surface area contributed by atoms with Crippen molar-refractivity contribution in [2.75, 3.05) is 30.3 Å². The highest BCUT2D eigenvalue weighted by Crippen LogP contribution is 2.35. The van der Waals surface area contributed by atoms with E-state index >= 15 is 0 Å². The van der Waals surface area contributed by atoms with Gasteiger partial charge in [-0.15, -0.1) is 24.9 Å². The highest BCUT2D eigenvalue weighted by molar-refractivity contribution is 7.99. The lowest BCUT2D eigenvalue weighted by atomic mass is 9.45. The minimum atomic E-state index is -0.0404. The monoisotopic (exact) mass is 547 g/mol. The van der Waals surface area contributed by atoms with Crippen molar-refractivity contribution in [2.24, 2.45) is 0 Å². The Hall–Kier alpha value is -2.86. The van der Waals surface area contributed by atoms with Gasteiger partial charge in [-0.05, 0) is 67.5 Å². The van der Waals surface area contributed by atoms with E-state index in [1.165, 1.54) is 28.3 Å². The molecule has 0 N–H and O–H groups in total. The molecule has 5 nitrogen and oxygen atoms in total. The molecule has 0 radical (unpaired) electrons. The van der Waals surface area contributed by atoms with Crippen molar-refractivity contribution < 1.29 is 8.98 Å². The second-order valence-corrected chi connectivity index (χ2v) is 10.2. The number of carbonyl (C=O) groups is 1. The topological polar surface area (TPSA) is 56.6 Å². The maximum absolute atomic E-state index is 13.5. The minimum Gasteiger partial charge on any atom is -0.409 e. The minimum absolute atomic E-state index is 0.0404. The van der Waals surface area contributed by atoms with Crippen molar-refractivity contribution in [3.8, 4) is 11.7 Å². The van der Waals surface area contributed by atoms with Gasteiger partial charge in [-0.3, -0.25) is 4.79 Å². The Kier molecular flexibility index (Phi) is 13.9. The Balaban J connectivity index is 0.00000121. The number of carbonyl (C=O) groups excluding carboxylic acids is 1. The number of para-hydroxylation sites is 1. The van der Waals surface area contributed by atoms with Crippen molar-refractivity contribution >= 4 is 42.3 Å². The maximum Gasteiger partial charge on any atom is 0.270 e. The fourth-order valence-electron chi connectivity index (χ4n) is 4.12. The van der Waals surface area contributed by atoms with Gasteiger partial charge in [0, 0.05) is 41.9 Å². The number of amides is 1. The highest BCUT2D eigenvalue weighted by Gasteiger charge is 2.28. The molecule has 2 heterocycles. The molecule has 0 unspecified atom stereocenters. The van der Waals surface area contributed by atoms with Crippen LogP contribution in [-0.4, -0.2) is 42.3 Å². The van der Waals surface area contributed by atoms with E-state index in [2.05, 4.69) is 54.3 Å². The summed E-state index contributed by atoms with van der Waals surface area (Å²) in [4.78, 5) is 16.6. The first-order chi connectivity index (χ1) is 18.6. The number of anilines is 1. The molecule has 2 aromatic rings. The zero-order valence-electron chi connectivity index (χ0n) is 22.8. The Morgan fingerprint density at radius 2 is 1.87 bits per heavy atom. The van der Waals surface area contributed by atoms with Crippen LogP contribution in [0.15, 0.2) is 84.8 Å². The standard InChI is InChI=1S/C26H28BN3O2S2.C2H6.C2H4/c1-3-20(4-2)18-33-22-9-10-24-21(17-22)11-14-30(24)26(31)23-7-5-6-8-25(23)32-34-29-15-12-27(19-28)13-16-29;2*1-2/h3-10,17H,1,11-16,18H2,2H3;1-2H3;1-2H2/b20-4+;;. The summed E-state index contributed by atoms with van der Waals surface area (Å²) in [6, 6.07) is 13.8. The molecule has 0 saturated carbocycles. The SMILES string of the molecule is C=C.C=C/C(=C\C)CSc1ccc2c(c1)CCN2C(=O)c1ccccc1OSN1CCB(C#N)CC1.CC. The Bertz CT molecular complexity index is 1140. The molecule has 1 fully saturated rings. The van der Waals surface area contributed by atoms with E-state index in [9.17, 15) is 4.79 Å². The van der Waals surface area contributed by atoms with E-state index in [-0.39, 0.29) is 12.6 Å². The van der Waals surface area contributed by atoms with Gasteiger partial charge in [-0.2, -0.15) is 0 Å². The van der Waals surface area contributed by atoms with E-state index in [0.29, 0.717) is 17.9 Å². The van der Waals surface area contributed by atoms with E-state index in [1.807, 2.05) is 56.0 Å². The average molecular weight is 548 g/mol. The lowest BCUT2D eigenvalue weighted by Crippen LogP contribution is -2.33. The maximum atomic E-state index is 13.5. The molecule has 4 rings (SSSR count). The molecule has 1 amide bonds. The Morgan fingerprint density at radius 1 is 1.16 bits per heavy atom. The number of benzene rings is 2. The van der Waals surface area contributed by atoms with Crippen molar-refractivity contribution in [1.29, 1.82) is 5.26 Å². The second-order valence-electron chi connectivity index (χ2n) is 8.34. The predicted octanol–water partition coefficient (Wildman–Crippen LogP) is 7.76. The largest absolute Gasteiger partial charge is 0.409 e. The van der Waals surface area contributed by atoms with Crippen LogP contribution in [-0.2, 0) is 6.42 Å². The summed E-state index contributed by atoms with van der Waals surface area (Å²) in [6.07, 6.45) is 6.52. The molecular weight excluding hydrogens is 509 g/mol. The van der Waals surface area contributed by atoms with Crippen molar-refractivity contribution in [3.63, 3.8) is 0 Å². The molecule has 0 spiro atoms. The second kappa shape index (κ2) is 16.9. The number of nitrogens with zero attached hydrogens (tertiary/aromatic N) is 3. The van der Waals surface area contributed by atoms with Gasteiger partial charge in [-0.1, -0.05) is 44.7 Å². The molecule has 38 heavy (non-hydrogen) atoms. The van der Waals surface area contributed by atoms with Gasteiger partial charge in [-0.25, -0.2) is 9.57 Å². The van der Waals surface area contributed by atoms with E-state index in [0.717, 1.165) is 43.6 Å². The fraction of sp³-hybridized carbons (Fsp3) is 0.333. The van der Waals surface area contributed by atoms with Crippen molar-refractivity contribution in [2.45, 2.75) is 44.7 Å². The molecule has 0 atom stereocenters. The first-order valence-corrected chi connectivity index (χ1v) is 14.7. The van der Waals surface area contributed by atoms with Gasteiger partial charge < -0.3 is 9.08 Å². The van der Waals surface area contributed by atoms with Gasteiger partial charge >= 0.3 is 0 Å². The van der Waals surface area contributed by atoms with Crippen molar-refractivity contribution in [3.05, 3.63) is 91.1 Å². The van der Waals surface area contributed by atoms with Crippen LogP contribution < -0.4 is 9.08 Å². The van der Waals surface area contributed by atoms with Gasteiger partial charge in [0.1, 0.15) is 12.2 Å². The zero-order chi connectivity index (χ0) is 27.9. The summed E-state index contributed by atoms with van der Waals surface area (Å²) in [5.41, 5.74) is 3.96. The van der Waals surface area contributed by atoms with E-state index < -0.39 is 0 Å². The van der Waals surface area contributed by atoms with Crippen LogP contribution in [0.25, 0.3) is 0 Å². The first-order valence-electron chi connectivity index (χ1n) is 13.1. The number of allylic oxidation sites excluding steroid dienone is 2. The Labute approximate surface area is 238 Å². The fourth-order valence-corrected chi connectivity index (χ4v) is 5.82. The summed E-state index contributed by atoms with van der Waals surface area (Å²) in [6.45, 7) is 18.3. The molecule has 2 aliphatic rings. The number of rotatable bonds is 8. The summed E-state index contributed by atoms with van der Waals surface area (Å²) in [5.74, 6) is 3.77. The molecule has 2 aromatic carbocycles. The molecule has 0 aliphatic carbocycles. The summed E-state index contributed by atoms with van der Waals surface area (Å²) in [5, 5.41) is 9.09. The predicted molar refractivity (Wildman–Crippen MR) is 166 cm³/mol. The van der Waals surface area contributed by atoms with Crippen LogP contribution in [0.4, 0.5) is 5.69 Å². The smallest absolute Gasteiger partial charge is 0.270 e. The van der Waals surface area contributed by atoms with Gasteiger partial charge in [0.05, 0.1) is 5.56 Å². The van der Waals surface area contributed by atoms with Crippen LogP contribution in [0.1, 0.15) is 36.7 Å². The number of nitriles is 1. The summed E-state index contributed by atoms with van der Waals surface area (Å²) < 4.78 is 8.12. The van der Waals surface area contributed by atoms with Crippen LogP contribution in [0.2, 0.25) is 12.6 Å². The van der Waals surface area contributed by atoms with Crippen LogP contribution in [0.5, 0.6) is 5.75 Å². The number of thioether (sulfide) groups is 1. The zero-order valence-corrected chi connectivity index (χ0v) is 24.5. The lowest BCUT2D eigenvalue weighted by Gasteiger charge is -2.25. The molecular formula is C30H38BN3O2S2. The Morgan fingerprint density at radius 3 is 2.53 bits per heavy atom. The third-order valence-corrected chi connectivity index (χ3v) is 8.11. The normalized spacial score (nSPS) is 14.7. The molecule has 8 heteroatoms. The van der Waals surface area contributed by atoms with E-state index in [4.69, 9.17) is 9.44 Å². The summed E-state index contributed by atoms with van der Waals surface area (Å²) in [7, 11) is 0. The van der Waals surface area contributed by atoms with Gasteiger partial charge in [0.2, 0.25) is 0 Å². The quantitative estimate of drug-likeness (QED) is 0.0841. The van der Waals surface area contributed by atoms with Crippen LogP contribution in [0.3, 0.4) is 0 Å². The van der Waals surface area contributed by atoms with Gasteiger partial charge in [0.15, 0.2) is 5.75 Å². The highest BCUT2D eigenvalue weighted by atomic mass is 32.2. The third kappa shape index (κ3) is 8.32. The lowest BCUT2D eigenvalue weighted by molar-refractivity contribution is 0.0988. The molecule has 2 aliphatic heterocycles. The number of hydrogen-bond acceptors (Lipinski definition) is 6. The van der Waals surface area contributed by atoms with E-state index in [1.54, 1.807) is 11.8 Å². The molecule has 200 valence electrons. The van der Waals surface area contributed by atoms with Crippen molar-refractivity contribution in [1.82, 2.24) is 4.31 Å². The molecule has 0 bridgehead atoms. The first kappa shape index (κ1) is 31.4. The number of fused-ring (bicyclic) bond motifs is 1. The molecule has 1 saturated heterocycles. The van der Waals surface area contributed by atoms with Crippen LogP contribution in [0, 0.1) is 11.2 Å². The summed E-state index contributed by atoms with van der Waals surface area (Å²) >= 11 is 3.06.